The summed E-state index contributed by atoms with van der Waals surface area (Å²) in [6.45, 7) is 3.94. The molecule has 2 rings (SSSR count). The Morgan fingerprint density at radius 3 is 2.42 bits per heavy atom. The number of carbonyl (C=O) groups is 3. The monoisotopic (exact) mass is 447 g/mol. The number of Topliss-reactive ketones (excluding diaryl/α,β-unsaturated/α-hetero) is 1. The van der Waals surface area contributed by atoms with Crippen molar-refractivity contribution in [2.75, 3.05) is 25.6 Å². The minimum atomic E-state index is -0.634. The second-order valence-corrected chi connectivity index (χ2v) is 7.21. The number of nitrogens with one attached hydrogen (secondary N) is 1. The van der Waals surface area contributed by atoms with Crippen molar-refractivity contribution in [3.05, 3.63) is 52.5 Å². The summed E-state index contributed by atoms with van der Waals surface area (Å²) in [4.78, 5) is 36.2. The molecule has 0 atom stereocenters. The first-order chi connectivity index (χ1) is 14.8. The summed E-state index contributed by atoms with van der Waals surface area (Å²) in [6.07, 6.45) is 0.761. The number of aryl methyl sites for hydroxylation is 1. The standard InChI is InChI=1S/C23H26ClNO6/c1-4-11-30-17-7-5-16(6-8-17)20(26)9-10-23(28)31-14-22(27)25-19-12-15(2)18(24)13-21(19)29-3/h5-8,12-13H,4,9-11,14H2,1-3H3,(H,25,27). The Kier molecular flexibility index (Phi) is 9.34. The van der Waals surface area contributed by atoms with Gasteiger partial charge in [0.05, 0.1) is 25.8 Å². The smallest absolute Gasteiger partial charge is 0.306 e. The number of hydrogen-bond acceptors (Lipinski definition) is 6. The average Bonchev–Trinajstić information content (AvgIpc) is 2.77. The fourth-order valence-electron chi connectivity index (χ4n) is 2.65. The van der Waals surface area contributed by atoms with Crippen LogP contribution in [0.25, 0.3) is 0 Å². The van der Waals surface area contributed by atoms with Crippen molar-refractivity contribution in [1.29, 1.82) is 0 Å². The zero-order valence-corrected chi connectivity index (χ0v) is 18.6. The third-order valence-corrected chi connectivity index (χ3v) is 4.73. The van der Waals surface area contributed by atoms with Crippen LogP contribution >= 0.6 is 11.6 Å². The van der Waals surface area contributed by atoms with E-state index in [4.69, 9.17) is 25.8 Å². The fraction of sp³-hybridized carbons (Fsp3) is 0.348. The Hall–Kier alpha value is -3.06. The highest BCUT2D eigenvalue weighted by atomic mass is 35.5. The number of ether oxygens (including phenoxy) is 3. The Morgan fingerprint density at radius 2 is 1.77 bits per heavy atom. The second-order valence-electron chi connectivity index (χ2n) is 6.81. The Morgan fingerprint density at radius 1 is 1.06 bits per heavy atom. The van der Waals surface area contributed by atoms with Gasteiger partial charge in [-0.1, -0.05) is 18.5 Å². The summed E-state index contributed by atoms with van der Waals surface area (Å²) in [7, 11) is 1.46. The van der Waals surface area contributed by atoms with E-state index < -0.39 is 18.5 Å². The van der Waals surface area contributed by atoms with Gasteiger partial charge in [0, 0.05) is 23.1 Å². The Bertz CT molecular complexity index is 926. The lowest BCUT2D eigenvalue weighted by atomic mass is 10.1. The quantitative estimate of drug-likeness (QED) is 0.400. The predicted molar refractivity (Wildman–Crippen MR) is 118 cm³/mol. The zero-order chi connectivity index (χ0) is 22.8. The van der Waals surface area contributed by atoms with Crippen molar-refractivity contribution < 1.29 is 28.6 Å². The molecule has 2 aromatic carbocycles. The molecule has 7 nitrogen and oxygen atoms in total. The van der Waals surface area contributed by atoms with Crippen molar-refractivity contribution in [2.24, 2.45) is 0 Å². The van der Waals surface area contributed by atoms with Gasteiger partial charge in [-0.15, -0.1) is 0 Å². The first kappa shape index (κ1) is 24.2. The van der Waals surface area contributed by atoms with Gasteiger partial charge < -0.3 is 19.5 Å². The molecular formula is C23H26ClNO6. The molecule has 0 aromatic heterocycles. The van der Waals surface area contributed by atoms with Crippen molar-refractivity contribution >= 4 is 34.9 Å². The molecule has 0 spiro atoms. The highest BCUT2D eigenvalue weighted by Crippen LogP contribution is 2.30. The number of methoxy groups -OCH3 is 1. The SMILES string of the molecule is CCCOc1ccc(C(=O)CCC(=O)OCC(=O)Nc2cc(C)c(Cl)cc2OC)cc1. The molecule has 8 heteroatoms. The highest BCUT2D eigenvalue weighted by Gasteiger charge is 2.14. The van der Waals surface area contributed by atoms with Gasteiger partial charge in [-0.25, -0.2) is 0 Å². The first-order valence-corrected chi connectivity index (χ1v) is 10.3. The predicted octanol–water partition coefficient (Wildman–Crippen LogP) is 4.59. The lowest BCUT2D eigenvalue weighted by Gasteiger charge is -2.12. The number of amides is 1. The van der Waals surface area contributed by atoms with E-state index in [1.807, 2.05) is 6.92 Å². The van der Waals surface area contributed by atoms with Crippen molar-refractivity contribution in [3.8, 4) is 11.5 Å². The van der Waals surface area contributed by atoms with Gasteiger partial charge >= 0.3 is 5.97 Å². The summed E-state index contributed by atoms with van der Waals surface area (Å²) >= 11 is 6.04. The summed E-state index contributed by atoms with van der Waals surface area (Å²) in [5, 5.41) is 3.13. The molecule has 0 saturated carbocycles. The summed E-state index contributed by atoms with van der Waals surface area (Å²) in [6, 6.07) is 10.0. The second kappa shape index (κ2) is 12.0. The minimum absolute atomic E-state index is 0.0141. The summed E-state index contributed by atoms with van der Waals surface area (Å²) in [5.41, 5.74) is 1.67. The van der Waals surface area contributed by atoms with Crippen LogP contribution in [-0.4, -0.2) is 38.0 Å². The van der Waals surface area contributed by atoms with Crippen LogP contribution in [-0.2, 0) is 14.3 Å². The lowest BCUT2D eigenvalue weighted by Crippen LogP contribution is -2.21. The van der Waals surface area contributed by atoms with E-state index in [1.165, 1.54) is 7.11 Å². The first-order valence-electron chi connectivity index (χ1n) is 9.89. The highest BCUT2D eigenvalue weighted by molar-refractivity contribution is 6.31. The minimum Gasteiger partial charge on any atom is -0.495 e. The van der Waals surface area contributed by atoms with Crippen molar-refractivity contribution in [2.45, 2.75) is 33.1 Å². The maximum absolute atomic E-state index is 12.2. The van der Waals surface area contributed by atoms with Crippen LogP contribution in [0.15, 0.2) is 36.4 Å². The molecule has 0 aliphatic carbocycles. The number of ketones is 1. The number of carbonyl (C=O) groups excluding carboxylic acids is 3. The number of halogens is 1. The van der Waals surface area contributed by atoms with Crippen LogP contribution in [0.1, 0.15) is 42.1 Å². The number of hydrogen-bond donors (Lipinski definition) is 1. The Labute approximate surface area is 186 Å². The van der Waals surface area contributed by atoms with Gasteiger partial charge in [0.2, 0.25) is 0 Å². The molecule has 0 bridgehead atoms. The van der Waals surface area contributed by atoms with E-state index in [0.29, 0.717) is 34.4 Å². The van der Waals surface area contributed by atoms with Crippen LogP contribution in [0, 0.1) is 6.92 Å². The maximum atomic E-state index is 12.2. The molecule has 0 heterocycles. The van der Waals surface area contributed by atoms with Gasteiger partial charge in [0.15, 0.2) is 12.4 Å². The molecule has 1 amide bonds. The molecule has 0 fully saturated rings. The molecule has 1 N–H and O–H groups in total. The number of benzene rings is 2. The van der Waals surface area contributed by atoms with Gasteiger partial charge in [-0.3, -0.25) is 14.4 Å². The third-order valence-electron chi connectivity index (χ3n) is 4.32. The normalized spacial score (nSPS) is 10.3. The van der Waals surface area contributed by atoms with Crippen molar-refractivity contribution in [3.63, 3.8) is 0 Å². The van der Waals surface area contributed by atoms with Gasteiger partial charge in [-0.05, 0) is 49.2 Å². The van der Waals surface area contributed by atoms with E-state index >= 15 is 0 Å². The molecule has 0 aliphatic heterocycles. The topological polar surface area (TPSA) is 90.9 Å². The average molecular weight is 448 g/mol. The number of anilines is 1. The molecular weight excluding hydrogens is 422 g/mol. The van der Waals surface area contributed by atoms with Gasteiger partial charge in [-0.2, -0.15) is 0 Å². The lowest BCUT2D eigenvalue weighted by molar-refractivity contribution is -0.147. The third kappa shape index (κ3) is 7.61. The van der Waals surface area contributed by atoms with Crippen LogP contribution in [0.3, 0.4) is 0 Å². The zero-order valence-electron chi connectivity index (χ0n) is 17.8. The van der Waals surface area contributed by atoms with E-state index in [2.05, 4.69) is 5.32 Å². The van der Waals surface area contributed by atoms with E-state index in [0.717, 1.165) is 12.0 Å². The fourth-order valence-corrected chi connectivity index (χ4v) is 2.80. The van der Waals surface area contributed by atoms with E-state index in [9.17, 15) is 14.4 Å². The van der Waals surface area contributed by atoms with Gasteiger partial charge in [0.25, 0.3) is 5.91 Å². The van der Waals surface area contributed by atoms with Crippen LogP contribution < -0.4 is 14.8 Å². The van der Waals surface area contributed by atoms with E-state index in [1.54, 1.807) is 43.3 Å². The van der Waals surface area contributed by atoms with Crippen LogP contribution in [0.4, 0.5) is 5.69 Å². The molecule has 166 valence electrons. The van der Waals surface area contributed by atoms with Crippen LogP contribution in [0.2, 0.25) is 5.02 Å². The molecule has 0 unspecified atom stereocenters. The molecule has 31 heavy (non-hydrogen) atoms. The molecule has 0 aliphatic rings. The van der Waals surface area contributed by atoms with E-state index in [-0.39, 0.29) is 18.6 Å². The maximum Gasteiger partial charge on any atom is 0.306 e. The summed E-state index contributed by atoms with van der Waals surface area (Å²) < 4.78 is 15.6. The van der Waals surface area contributed by atoms with Gasteiger partial charge in [0.1, 0.15) is 11.5 Å². The molecule has 2 aromatic rings. The largest absolute Gasteiger partial charge is 0.495 e. The number of esters is 1. The van der Waals surface area contributed by atoms with Crippen molar-refractivity contribution in [1.82, 2.24) is 0 Å². The van der Waals surface area contributed by atoms with Crippen LogP contribution in [0.5, 0.6) is 11.5 Å². The Balaban J connectivity index is 1.78. The molecule has 0 radical (unpaired) electrons. The molecule has 0 saturated heterocycles. The number of rotatable bonds is 11. The summed E-state index contributed by atoms with van der Waals surface area (Å²) in [5.74, 6) is -0.263.